The number of aliphatic imine (C=N–C) groups is 1. The Bertz CT molecular complexity index is 1610. The summed E-state index contributed by atoms with van der Waals surface area (Å²) in [5, 5.41) is 15.8. The van der Waals surface area contributed by atoms with Crippen molar-refractivity contribution in [3.05, 3.63) is 97.1 Å². The number of nitro groups is 1. The van der Waals surface area contributed by atoms with Crippen molar-refractivity contribution >= 4 is 51.4 Å². The van der Waals surface area contributed by atoms with Crippen molar-refractivity contribution in [3.63, 3.8) is 0 Å². The Balaban J connectivity index is 1.48. The number of thiophene rings is 1. The zero-order valence-corrected chi connectivity index (χ0v) is 24.4. The summed E-state index contributed by atoms with van der Waals surface area (Å²) in [6, 6.07) is 15.5. The summed E-state index contributed by atoms with van der Waals surface area (Å²) in [6.07, 6.45) is 4.30. The smallest absolute Gasteiger partial charge is 0.280 e. The standard InChI is InChI=1S/C31H30ClN3O4S/c1-18-5-12-23(25(15-18)35(37)38)26-14-11-22(39-26)17-33-30-28(29(36)34-21-9-7-20(32)8-10-21)24-13-6-19(31(2,3)4)16-27(24)40-30/h5,7-12,14-15,17,19H,6,13,16H2,1-4H3,(H,34,36)/t19-/m0/s1. The molecule has 1 N–H and O–H groups in total. The van der Waals surface area contributed by atoms with Gasteiger partial charge in [0.2, 0.25) is 0 Å². The Kier molecular flexibility index (Phi) is 7.66. The fourth-order valence-electron chi connectivity index (χ4n) is 5.05. The fourth-order valence-corrected chi connectivity index (χ4v) is 6.45. The number of carbonyl (C=O) groups is 1. The summed E-state index contributed by atoms with van der Waals surface area (Å²) < 4.78 is 5.93. The van der Waals surface area contributed by atoms with Gasteiger partial charge < -0.3 is 9.73 Å². The number of halogens is 1. The molecule has 0 aliphatic heterocycles. The molecule has 206 valence electrons. The van der Waals surface area contributed by atoms with Gasteiger partial charge in [-0.05, 0) is 91.1 Å². The fraction of sp³-hybridized carbons (Fsp3) is 0.290. The summed E-state index contributed by atoms with van der Waals surface area (Å²) in [6.45, 7) is 8.59. The van der Waals surface area contributed by atoms with E-state index in [1.165, 1.54) is 10.9 Å². The van der Waals surface area contributed by atoms with Crippen molar-refractivity contribution in [2.24, 2.45) is 16.3 Å². The van der Waals surface area contributed by atoms with Crippen LogP contribution in [0.1, 0.15) is 59.3 Å². The lowest BCUT2D eigenvalue weighted by molar-refractivity contribution is -0.384. The molecule has 5 rings (SSSR count). The molecule has 7 nitrogen and oxygen atoms in total. The van der Waals surface area contributed by atoms with Gasteiger partial charge in [-0.25, -0.2) is 4.99 Å². The summed E-state index contributed by atoms with van der Waals surface area (Å²) >= 11 is 7.56. The monoisotopic (exact) mass is 575 g/mol. The molecule has 1 aliphatic carbocycles. The van der Waals surface area contributed by atoms with Crippen LogP contribution in [-0.2, 0) is 12.8 Å². The first-order valence-corrected chi connectivity index (χ1v) is 14.3. The zero-order chi connectivity index (χ0) is 28.6. The van der Waals surface area contributed by atoms with Crippen molar-refractivity contribution < 1.29 is 14.1 Å². The average molecular weight is 576 g/mol. The number of nitrogens with zero attached hydrogens (tertiary/aromatic N) is 2. The Labute approximate surface area is 242 Å². The predicted octanol–water partition coefficient (Wildman–Crippen LogP) is 9.03. The van der Waals surface area contributed by atoms with Gasteiger partial charge in [-0.2, -0.15) is 0 Å². The number of nitrogens with one attached hydrogen (secondary N) is 1. The van der Waals surface area contributed by atoms with Crippen LogP contribution in [0.3, 0.4) is 0 Å². The molecule has 0 bridgehead atoms. The quantitative estimate of drug-likeness (QED) is 0.141. The minimum atomic E-state index is -0.411. The third-order valence-corrected chi connectivity index (χ3v) is 8.77. The maximum absolute atomic E-state index is 13.6. The van der Waals surface area contributed by atoms with E-state index in [-0.39, 0.29) is 17.0 Å². The van der Waals surface area contributed by atoms with Gasteiger partial charge in [0.1, 0.15) is 16.5 Å². The molecule has 2 aromatic heterocycles. The molecule has 0 saturated heterocycles. The highest BCUT2D eigenvalue weighted by atomic mass is 35.5. The Morgan fingerprint density at radius 3 is 2.62 bits per heavy atom. The van der Waals surface area contributed by atoms with E-state index in [4.69, 9.17) is 21.0 Å². The first-order valence-electron chi connectivity index (χ1n) is 13.1. The number of nitro benzene ring substituents is 1. The maximum atomic E-state index is 13.6. The highest BCUT2D eigenvalue weighted by Crippen LogP contribution is 2.45. The summed E-state index contributed by atoms with van der Waals surface area (Å²) in [4.78, 5) is 30.6. The molecule has 1 aliphatic rings. The van der Waals surface area contributed by atoms with Crippen molar-refractivity contribution in [1.29, 1.82) is 0 Å². The summed E-state index contributed by atoms with van der Waals surface area (Å²) in [7, 11) is 0. The number of rotatable bonds is 6. The molecule has 0 spiro atoms. The van der Waals surface area contributed by atoms with Crippen molar-refractivity contribution in [1.82, 2.24) is 0 Å². The maximum Gasteiger partial charge on any atom is 0.280 e. The topological polar surface area (TPSA) is 97.7 Å². The van der Waals surface area contributed by atoms with Gasteiger partial charge in [0, 0.05) is 21.7 Å². The lowest BCUT2D eigenvalue weighted by Crippen LogP contribution is -2.27. The molecule has 2 aromatic carbocycles. The van der Waals surface area contributed by atoms with E-state index < -0.39 is 4.92 Å². The third-order valence-electron chi connectivity index (χ3n) is 7.35. The zero-order valence-electron chi connectivity index (χ0n) is 22.8. The molecular formula is C31H30ClN3O4S. The largest absolute Gasteiger partial charge is 0.455 e. The number of hydrogen-bond donors (Lipinski definition) is 1. The number of amides is 1. The lowest BCUT2D eigenvalue weighted by atomic mass is 9.72. The molecule has 0 radical (unpaired) electrons. The van der Waals surface area contributed by atoms with Gasteiger partial charge in [-0.1, -0.05) is 38.4 Å². The second kappa shape index (κ2) is 11.0. The number of anilines is 1. The van der Waals surface area contributed by atoms with E-state index in [1.54, 1.807) is 60.0 Å². The van der Waals surface area contributed by atoms with Crippen LogP contribution < -0.4 is 5.32 Å². The Hall–Kier alpha value is -3.75. The molecule has 9 heteroatoms. The average Bonchev–Trinajstić information content (AvgIpc) is 3.52. The molecule has 1 amide bonds. The predicted molar refractivity (Wildman–Crippen MR) is 161 cm³/mol. The van der Waals surface area contributed by atoms with Crippen LogP contribution in [0, 0.1) is 28.4 Å². The van der Waals surface area contributed by atoms with Gasteiger partial charge in [0.25, 0.3) is 11.6 Å². The van der Waals surface area contributed by atoms with Crippen molar-refractivity contribution in [2.75, 3.05) is 5.32 Å². The number of aryl methyl sites for hydroxylation is 1. The van der Waals surface area contributed by atoms with Gasteiger partial charge in [-0.3, -0.25) is 14.9 Å². The number of furan rings is 1. The highest BCUT2D eigenvalue weighted by molar-refractivity contribution is 7.16. The van der Waals surface area contributed by atoms with Crippen molar-refractivity contribution in [2.45, 2.75) is 47.0 Å². The number of carbonyl (C=O) groups excluding carboxylic acids is 1. The summed E-state index contributed by atoms with van der Waals surface area (Å²) in [5.41, 5.74) is 3.64. The number of hydrogen-bond acceptors (Lipinski definition) is 6. The first-order chi connectivity index (χ1) is 19.0. The van der Waals surface area contributed by atoms with Crippen LogP contribution in [0.15, 0.2) is 64.0 Å². The molecule has 40 heavy (non-hydrogen) atoms. The molecule has 4 aromatic rings. The third kappa shape index (κ3) is 5.88. The van der Waals surface area contributed by atoms with Crippen LogP contribution in [-0.4, -0.2) is 17.0 Å². The molecule has 2 heterocycles. The van der Waals surface area contributed by atoms with Gasteiger partial charge >= 0.3 is 0 Å². The van der Waals surface area contributed by atoms with E-state index >= 15 is 0 Å². The van der Waals surface area contributed by atoms with E-state index in [0.717, 1.165) is 30.4 Å². The van der Waals surface area contributed by atoms with Gasteiger partial charge in [0.05, 0.1) is 22.3 Å². The first kappa shape index (κ1) is 27.8. The van der Waals surface area contributed by atoms with Crippen LogP contribution in [0.4, 0.5) is 16.4 Å². The Morgan fingerprint density at radius 2 is 1.93 bits per heavy atom. The lowest BCUT2D eigenvalue weighted by Gasteiger charge is -2.33. The van der Waals surface area contributed by atoms with Crippen LogP contribution >= 0.6 is 22.9 Å². The van der Waals surface area contributed by atoms with Gasteiger partial charge in [-0.15, -0.1) is 11.3 Å². The Morgan fingerprint density at radius 1 is 1.18 bits per heavy atom. The normalized spacial score (nSPS) is 15.3. The minimum Gasteiger partial charge on any atom is -0.455 e. The van der Waals surface area contributed by atoms with E-state index in [1.807, 2.05) is 13.0 Å². The van der Waals surface area contributed by atoms with Crippen LogP contribution in [0.25, 0.3) is 11.3 Å². The summed E-state index contributed by atoms with van der Waals surface area (Å²) in [5.74, 6) is 1.12. The molecule has 0 saturated carbocycles. The van der Waals surface area contributed by atoms with E-state index in [2.05, 4.69) is 26.1 Å². The van der Waals surface area contributed by atoms with Crippen molar-refractivity contribution in [3.8, 4) is 11.3 Å². The van der Waals surface area contributed by atoms with E-state index in [9.17, 15) is 14.9 Å². The molecule has 0 unspecified atom stereocenters. The minimum absolute atomic E-state index is 0.0154. The second-order valence-corrected chi connectivity index (χ2v) is 12.7. The van der Waals surface area contributed by atoms with Gasteiger partial charge in [0.15, 0.2) is 0 Å². The molecular weight excluding hydrogens is 546 g/mol. The van der Waals surface area contributed by atoms with Crippen LogP contribution in [0.2, 0.25) is 5.02 Å². The molecule has 1 atom stereocenters. The highest BCUT2D eigenvalue weighted by Gasteiger charge is 2.33. The molecule has 0 fully saturated rings. The number of benzene rings is 2. The SMILES string of the molecule is Cc1ccc(-c2ccc(C=Nc3sc4c(c3C(=O)Nc3ccc(Cl)cc3)CC[C@H](C(C)(C)C)C4)o2)c([N+](=O)[O-])c1. The van der Waals surface area contributed by atoms with E-state index in [0.29, 0.717) is 44.3 Å². The number of fused-ring (bicyclic) bond motifs is 1. The van der Waals surface area contributed by atoms with Crippen LogP contribution in [0.5, 0.6) is 0 Å². The second-order valence-electron chi connectivity index (χ2n) is 11.2.